The smallest absolute Gasteiger partial charge is 0.190 e. The van der Waals surface area contributed by atoms with Gasteiger partial charge in [0.1, 0.15) is 48.8 Å². The van der Waals surface area contributed by atoms with Crippen molar-refractivity contribution in [2.45, 2.75) is 140 Å². The van der Waals surface area contributed by atoms with Crippen molar-refractivity contribution in [1.29, 1.82) is 0 Å². The molecule has 0 aromatic heterocycles. The molecule has 39 heavy (non-hydrogen) atoms. The second-order valence-corrected chi connectivity index (χ2v) is 17.4. The first-order valence-electron chi connectivity index (χ1n) is 13.3. The Balaban J connectivity index is 1.09. The van der Waals surface area contributed by atoms with E-state index in [1.54, 1.807) is 0 Å². The molecule has 12 nitrogen and oxygen atoms in total. The quantitative estimate of drug-likeness (QED) is 0.323. The third-order valence-corrected chi connectivity index (χ3v) is 9.49. The maximum atomic E-state index is 6.19. The minimum absolute atomic E-state index is 0.0362. The number of rotatable bonds is 6. The molecule has 0 amide bonds. The first kappa shape index (κ1) is 29.6. The van der Waals surface area contributed by atoms with Crippen molar-refractivity contribution in [3.8, 4) is 0 Å². The van der Waals surface area contributed by atoms with E-state index in [0.717, 1.165) is 0 Å². The fraction of sp³-hybridized carbons (Fsp3) is 1.00. The van der Waals surface area contributed by atoms with Crippen LogP contribution < -0.4 is 0 Å². The van der Waals surface area contributed by atoms with Crippen molar-refractivity contribution in [1.82, 2.24) is 0 Å². The van der Waals surface area contributed by atoms with Gasteiger partial charge < -0.3 is 68.7 Å². The number of hydrogen-bond acceptors (Lipinski definition) is 14. The Morgan fingerprint density at radius 1 is 0.538 bits per heavy atom. The van der Waals surface area contributed by atoms with Crippen LogP contribution in [0.1, 0.15) is 55.4 Å². The van der Waals surface area contributed by atoms with Gasteiger partial charge in [0, 0.05) is 0 Å². The highest BCUT2D eigenvalue weighted by Gasteiger charge is 2.62. The summed E-state index contributed by atoms with van der Waals surface area (Å²) in [5.74, 6) is -3.28. The molecule has 0 radical (unpaired) electrons. The van der Waals surface area contributed by atoms with Gasteiger partial charge in [0.2, 0.25) is 0 Å². The Hall–Kier alpha value is 0.520. The normalized spacial score (nSPS) is 46.9. The molecule has 6 saturated heterocycles. The molecule has 6 aliphatic heterocycles. The van der Waals surface area contributed by atoms with E-state index in [1.165, 1.54) is 0 Å². The molecule has 0 spiro atoms. The van der Waals surface area contributed by atoms with E-state index in [0.29, 0.717) is 0 Å². The highest BCUT2D eigenvalue weighted by molar-refractivity contribution is 8.51. The molecule has 6 rings (SSSR count). The molecular formula is C24H38O12PS2-. The maximum absolute atomic E-state index is 6.19. The molecular weight excluding hydrogens is 575 g/mol. The van der Waals surface area contributed by atoms with Gasteiger partial charge in [-0.1, -0.05) is 11.8 Å². The van der Waals surface area contributed by atoms with Crippen LogP contribution in [0, 0.1) is 0 Å². The van der Waals surface area contributed by atoms with E-state index in [9.17, 15) is 0 Å². The fourth-order valence-electron chi connectivity index (χ4n) is 6.02. The molecule has 0 unspecified atom stereocenters. The van der Waals surface area contributed by atoms with Crippen LogP contribution in [0.25, 0.3) is 0 Å². The highest BCUT2D eigenvalue weighted by atomic mass is 32.9. The zero-order valence-electron chi connectivity index (χ0n) is 23.4. The van der Waals surface area contributed by atoms with Gasteiger partial charge >= 0.3 is 0 Å². The summed E-state index contributed by atoms with van der Waals surface area (Å²) in [7, 11) is 0. The molecule has 6 aliphatic rings. The van der Waals surface area contributed by atoms with Crippen LogP contribution in [0.5, 0.6) is 0 Å². The minimum atomic E-state index is -3.15. The molecule has 10 atom stereocenters. The average Bonchev–Trinajstić information content (AvgIpc) is 3.47. The Labute approximate surface area is 239 Å². The molecule has 0 aliphatic carbocycles. The average molecular weight is 614 g/mol. The second kappa shape index (κ2) is 9.76. The van der Waals surface area contributed by atoms with Gasteiger partial charge in [0.15, 0.2) is 35.7 Å². The topological polar surface area (TPSA) is 111 Å². The van der Waals surface area contributed by atoms with Gasteiger partial charge in [-0.25, -0.2) is 0 Å². The standard InChI is InChI=1S/C24H39O12PS2/c1-21(2)29-13-11(27-19-17(15(13)31-21)33-23(5,6)35-19)9-25-37(38,39)26-10-12-14-16(32-22(3,4)30-14)18-20(28-12)36-24(7,8)34-18/h11-20H,9-10H2,1-8H3,(H,38,39)/p-1/t11-,12-,13+,14+,15+,16+,17-,18-,19-,20-/m1/s1. The zero-order chi connectivity index (χ0) is 28.2. The summed E-state index contributed by atoms with van der Waals surface area (Å²) in [6.07, 6.45) is -4.99. The number of hydrogen-bond donors (Lipinski definition) is 0. The van der Waals surface area contributed by atoms with Gasteiger partial charge in [-0.3, -0.25) is 0 Å². The van der Waals surface area contributed by atoms with E-state index in [4.69, 9.17) is 80.5 Å². The maximum Gasteiger partial charge on any atom is 0.190 e. The SMILES string of the molecule is CC1(C)O[C@H]2[C@@H](O1)[C@@H](COP(=S)([S-])OC[C@H]1O[C@@H]3OC(C)(C)O[C@@H]3[C@H]3OC(C)(C)O[C@H]31)O[C@@H]1OC(C)(C)O[C@@H]12. The van der Waals surface area contributed by atoms with Gasteiger partial charge in [-0.05, 0) is 55.4 Å². The third kappa shape index (κ3) is 6.00. The van der Waals surface area contributed by atoms with Crippen molar-refractivity contribution < 1.29 is 56.4 Å². The van der Waals surface area contributed by atoms with Gasteiger partial charge in [-0.15, -0.1) is 0 Å². The van der Waals surface area contributed by atoms with E-state index >= 15 is 0 Å². The summed E-state index contributed by atoms with van der Waals surface area (Å²) in [6, 6.07) is 0. The van der Waals surface area contributed by atoms with Crippen LogP contribution in [0.15, 0.2) is 0 Å². The van der Waals surface area contributed by atoms with E-state index in [2.05, 4.69) is 0 Å². The van der Waals surface area contributed by atoms with Crippen LogP contribution in [0.2, 0.25) is 0 Å². The van der Waals surface area contributed by atoms with Crippen molar-refractivity contribution in [2.75, 3.05) is 13.2 Å². The van der Waals surface area contributed by atoms with Crippen molar-refractivity contribution in [3.05, 3.63) is 0 Å². The zero-order valence-corrected chi connectivity index (χ0v) is 25.9. The van der Waals surface area contributed by atoms with Crippen LogP contribution in [0.4, 0.5) is 0 Å². The Kier molecular flexibility index (Phi) is 7.41. The largest absolute Gasteiger partial charge is 0.691 e. The highest BCUT2D eigenvalue weighted by Crippen LogP contribution is 2.50. The molecule has 0 aromatic rings. The lowest BCUT2D eigenvalue weighted by molar-refractivity contribution is -0.240. The lowest BCUT2D eigenvalue weighted by Crippen LogP contribution is -2.56. The molecule has 0 bridgehead atoms. The van der Waals surface area contributed by atoms with Crippen LogP contribution in [-0.4, -0.2) is 97.8 Å². The van der Waals surface area contributed by atoms with Crippen molar-refractivity contribution in [2.24, 2.45) is 0 Å². The number of fused-ring (bicyclic) bond motifs is 6. The summed E-state index contributed by atoms with van der Waals surface area (Å²) in [5.41, 5.74) is -3.15. The lowest BCUT2D eigenvalue weighted by Gasteiger charge is -2.40. The first-order chi connectivity index (χ1) is 17.9. The fourth-order valence-corrected chi connectivity index (χ4v) is 7.49. The minimum Gasteiger partial charge on any atom is -0.691 e. The number of ether oxygens (including phenoxy) is 10. The summed E-state index contributed by atoms with van der Waals surface area (Å²) < 4.78 is 73.0. The molecule has 6 heterocycles. The molecule has 224 valence electrons. The molecule has 0 saturated carbocycles. The van der Waals surface area contributed by atoms with Crippen LogP contribution >= 0.6 is 5.69 Å². The van der Waals surface area contributed by atoms with E-state index < -0.39 is 90.3 Å². The monoisotopic (exact) mass is 613 g/mol. The van der Waals surface area contributed by atoms with Crippen molar-refractivity contribution >= 4 is 29.7 Å². The van der Waals surface area contributed by atoms with Crippen LogP contribution in [0.3, 0.4) is 0 Å². The van der Waals surface area contributed by atoms with Crippen molar-refractivity contribution in [3.63, 3.8) is 0 Å². The molecule has 15 heteroatoms. The summed E-state index contributed by atoms with van der Waals surface area (Å²) in [4.78, 5) is 0. The molecule has 6 fully saturated rings. The predicted molar refractivity (Wildman–Crippen MR) is 139 cm³/mol. The van der Waals surface area contributed by atoms with Crippen LogP contribution in [-0.2, 0) is 80.5 Å². The predicted octanol–water partition coefficient (Wildman–Crippen LogP) is 2.58. The van der Waals surface area contributed by atoms with E-state index in [-0.39, 0.29) is 13.2 Å². The van der Waals surface area contributed by atoms with Gasteiger partial charge in [0.05, 0.1) is 18.9 Å². The summed E-state index contributed by atoms with van der Waals surface area (Å²) in [5, 5.41) is 0. The van der Waals surface area contributed by atoms with Gasteiger partial charge in [-0.2, -0.15) is 0 Å². The summed E-state index contributed by atoms with van der Waals surface area (Å²) >= 11 is 11.2. The first-order valence-corrected chi connectivity index (χ1v) is 16.9. The summed E-state index contributed by atoms with van der Waals surface area (Å²) in [6.45, 7) is 14.8. The Morgan fingerprint density at radius 2 is 0.846 bits per heavy atom. The third-order valence-electron chi connectivity index (χ3n) is 7.30. The second-order valence-electron chi connectivity index (χ2n) is 12.5. The van der Waals surface area contributed by atoms with E-state index in [1.807, 2.05) is 55.4 Å². The Bertz CT molecular complexity index is 936. The molecule has 0 aromatic carbocycles. The van der Waals surface area contributed by atoms with Gasteiger partial charge in [0.25, 0.3) is 0 Å². The lowest BCUT2D eigenvalue weighted by atomic mass is 9.99. The molecule has 0 N–H and O–H groups in total. The Morgan fingerprint density at radius 3 is 1.23 bits per heavy atom.